The molecule has 0 heterocycles. The first-order chi connectivity index (χ1) is 9.58. The van der Waals surface area contributed by atoms with Crippen LogP contribution < -0.4 is 11.1 Å². The van der Waals surface area contributed by atoms with Crippen LogP contribution in [0.3, 0.4) is 0 Å². The van der Waals surface area contributed by atoms with Crippen molar-refractivity contribution in [1.29, 1.82) is 0 Å². The molecule has 0 aliphatic carbocycles. The molecule has 2 rings (SSSR count). The largest absolute Gasteiger partial charge is 0.368 e. The van der Waals surface area contributed by atoms with E-state index < -0.39 is 17.8 Å². The van der Waals surface area contributed by atoms with Crippen molar-refractivity contribution in [3.63, 3.8) is 0 Å². The number of halogens is 2. The number of amides is 1. The van der Waals surface area contributed by atoms with Crippen molar-refractivity contribution in [3.8, 4) is 0 Å². The third-order valence-corrected chi connectivity index (χ3v) is 3.24. The molecular formula is C15H14ClFN2O. The van der Waals surface area contributed by atoms with E-state index in [1.165, 1.54) is 12.1 Å². The average Bonchev–Trinajstić information content (AvgIpc) is 2.42. The van der Waals surface area contributed by atoms with Crippen molar-refractivity contribution in [2.45, 2.75) is 12.6 Å². The lowest BCUT2D eigenvalue weighted by atomic mass is 10.1. The van der Waals surface area contributed by atoms with Crippen molar-refractivity contribution in [2.75, 3.05) is 0 Å². The Bertz CT molecular complexity index is 604. The zero-order chi connectivity index (χ0) is 14.5. The minimum atomic E-state index is -0.761. The molecule has 104 valence electrons. The molecule has 0 saturated carbocycles. The summed E-state index contributed by atoms with van der Waals surface area (Å²) in [6.07, 6.45) is 0. The molecule has 2 aromatic rings. The second-order valence-corrected chi connectivity index (χ2v) is 4.77. The smallest absolute Gasteiger partial charge is 0.239 e. The van der Waals surface area contributed by atoms with Crippen LogP contribution in [-0.4, -0.2) is 5.91 Å². The van der Waals surface area contributed by atoms with Crippen LogP contribution in [0.25, 0.3) is 0 Å². The molecule has 3 N–H and O–H groups in total. The Labute approximate surface area is 121 Å². The second kappa shape index (κ2) is 6.50. The number of nitrogens with one attached hydrogen (secondary N) is 1. The van der Waals surface area contributed by atoms with E-state index in [4.69, 9.17) is 17.3 Å². The van der Waals surface area contributed by atoms with E-state index in [1.807, 2.05) is 30.3 Å². The number of rotatable bonds is 5. The van der Waals surface area contributed by atoms with Crippen LogP contribution in [0.2, 0.25) is 5.02 Å². The summed E-state index contributed by atoms with van der Waals surface area (Å²) in [5.41, 5.74) is 6.87. The van der Waals surface area contributed by atoms with E-state index >= 15 is 0 Å². The Morgan fingerprint density at radius 3 is 2.55 bits per heavy atom. The maximum atomic E-state index is 13.0. The number of hydrogen-bond donors (Lipinski definition) is 2. The number of primary amides is 1. The first-order valence-corrected chi connectivity index (χ1v) is 6.47. The molecule has 2 aromatic carbocycles. The molecule has 0 radical (unpaired) electrons. The highest BCUT2D eigenvalue weighted by Gasteiger charge is 2.20. The summed E-state index contributed by atoms with van der Waals surface area (Å²) in [6, 6.07) is 12.7. The van der Waals surface area contributed by atoms with Crippen LogP contribution >= 0.6 is 11.6 Å². The van der Waals surface area contributed by atoms with Crippen LogP contribution in [0.15, 0.2) is 48.5 Å². The number of hydrogen-bond acceptors (Lipinski definition) is 2. The first-order valence-electron chi connectivity index (χ1n) is 6.09. The van der Waals surface area contributed by atoms with Gasteiger partial charge in [0.25, 0.3) is 0 Å². The highest BCUT2D eigenvalue weighted by Crippen LogP contribution is 2.24. The number of nitrogens with two attached hydrogens (primary N) is 1. The summed E-state index contributed by atoms with van der Waals surface area (Å²) in [5.74, 6) is -1.01. The van der Waals surface area contributed by atoms with Gasteiger partial charge in [0.05, 0.1) is 0 Å². The summed E-state index contributed by atoms with van der Waals surface area (Å²) in [7, 11) is 0. The van der Waals surface area contributed by atoms with Gasteiger partial charge in [-0.3, -0.25) is 10.1 Å². The lowest BCUT2D eigenvalue weighted by molar-refractivity contribution is -0.120. The van der Waals surface area contributed by atoms with Crippen LogP contribution in [0.1, 0.15) is 17.2 Å². The molecule has 3 nitrogen and oxygen atoms in total. The average molecular weight is 293 g/mol. The monoisotopic (exact) mass is 292 g/mol. The van der Waals surface area contributed by atoms with Crippen LogP contribution in [0, 0.1) is 5.82 Å². The van der Waals surface area contributed by atoms with Crippen molar-refractivity contribution >= 4 is 17.5 Å². The van der Waals surface area contributed by atoms with Gasteiger partial charge in [0.15, 0.2) is 0 Å². The fraction of sp³-hybridized carbons (Fsp3) is 0.133. The van der Waals surface area contributed by atoms with Gasteiger partial charge in [0.2, 0.25) is 5.91 Å². The van der Waals surface area contributed by atoms with Gasteiger partial charge < -0.3 is 5.73 Å². The number of benzene rings is 2. The van der Waals surface area contributed by atoms with Gasteiger partial charge in [0, 0.05) is 11.6 Å². The molecule has 5 heteroatoms. The van der Waals surface area contributed by atoms with E-state index in [2.05, 4.69) is 5.32 Å². The first kappa shape index (κ1) is 14.5. The van der Waals surface area contributed by atoms with Crippen LogP contribution in [-0.2, 0) is 11.3 Å². The van der Waals surface area contributed by atoms with Gasteiger partial charge in [-0.1, -0.05) is 48.0 Å². The highest BCUT2D eigenvalue weighted by molar-refractivity contribution is 6.31. The molecule has 1 atom stereocenters. The Morgan fingerprint density at radius 1 is 1.25 bits per heavy atom. The van der Waals surface area contributed by atoms with Gasteiger partial charge in [-0.2, -0.15) is 0 Å². The van der Waals surface area contributed by atoms with E-state index in [1.54, 1.807) is 0 Å². The van der Waals surface area contributed by atoms with Gasteiger partial charge in [-0.25, -0.2) is 4.39 Å². The zero-order valence-electron chi connectivity index (χ0n) is 10.6. The molecule has 0 spiro atoms. The van der Waals surface area contributed by atoms with Crippen molar-refractivity contribution in [3.05, 3.63) is 70.5 Å². The molecule has 0 aliphatic heterocycles. The summed E-state index contributed by atoms with van der Waals surface area (Å²) < 4.78 is 13.0. The Kier molecular flexibility index (Phi) is 4.71. The molecule has 0 aromatic heterocycles. The maximum absolute atomic E-state index is 13.0. The molecule has 1 unspecified atom stereocenters. The molecule has 0 fully saturated rings. The topological polar surface area (TPSA) is 55.1 Å². The van der Waals surface area contributed by atoms with Gasteiger partial charge in [-0.05, 0) is 23.3 Å². The lowest BCUT2D eigenvalue weighted by Gasteiger charge is -2.17. The minimum Gasteiger partial charge on any atom is -0.368 e. The predicted octanol–water partition coefficient (Wildman–Crippen LogP) is 2.80. The Morgan fingerprint density at radius 2 is 1.95 bits per heavy atom. The lowest BCUT2D eigenvalue weighted by Crippen LogP contribution is -2.33. The van der Waals surface area contributed by atoms with Crippen LogP contribution in [0.5, 0.6) is 0 Å². The molecule has 0 aliphatic rings. The molecule has 20 heavy (non-hydrogen) atoms. The van der Waals surface area contributed by atoms with Crippen LogP contribution in [0.4, 0.5) is 4.39 Å². The number of carbonyl (C=O) groups is 1. The molecular weight excluding hydrogens is 279 g/mol. The quantitative estimate of drug-likeness (QED) is 0.890. The third kappa shape index (κ3) is 3.56. The molecule has 1 amide bonds. The zero-order valence-corrected chi connectivity index (χ0v) is 11.4. The van der Waals surface area contributed by atoms with Crippen molar-refractivity contribution < 1.29 is 9.18 Å². The summed E-state index contributed by atoms with van der Waals surface area (Å²) in [6.45, 7) is 0.460. The maximum Gasteiger partial charge on any atom is 0.239 e. The predicted molar refractivity (Wildman–Crippen MR) is 76.6 cm³/mol. The normalized spacial score (nSPS) is 12.1. The van der Waals surface area contributed by atoms with Crippen molar-refractivity contribution in [1.82, 2.24) is 5.32 Å². The number of carbonyl (C=O) groups excluding carboxylic acids is 1. The van der Waals surface area contributed by atoms with E-state index in [0.29, 0.717) is 12.1 Å². The fourth-order valence-electron chi connectivity index (χ4n) is 1.92. The van der Waals surface area contributed by atoms with Gasteiger partial charge in [0.1, 0.15) is 11.9 Å². The molecule has 0 saturated heterocycles. The highest BCUT2D eigenvalue weighted by atomic mass is 35.5. The van der Waals surface area contributed by atoms with Gasteiger partial charge >= 0.3 is 0 Å². The summed E-state index contributed by atoms with van der Waals surface area (Å²) in [5, 5.41) is 3.21. The fourth-order valence-corrected chi connectivity index (χ4v) is 2.19. The summed E-state index contributed by atoms with van der Waals surface area (Å²) in [4.78, 5) is 11.6. The van der Waals surface area contributed by atoms with E-state index in [0.717, 1.165) is 11.6 Å². The Balaban J connectivity index is 2.17. The Hall–Kier alpha value is -1.91. The van der Waals surface area contributed by atoms with Gasteiger partial charge in [-0.15, -0.1) is 0 Å². The minimum absolute atomic E-state index is 0.175. The summed E-state index contributed by atoms with van der Waals surface area (Å²) >= 11 is 5.96. The van der Waals surface area contributed by atoms with E-state index in [-0.39, 0.29) is 5.02 Å². The van der Waals surface area contributed by atoms with E-state index in [9.17, 15) is 9.18 Å². The third-order valence-electron chi connectivity index (χ3n) is 2.91. The standard InChI is InChI=1S/C15H14ClFN2O/c16-13-8-11(17)6-7-12(13)14(15(18)20)19-9-10-4-2-1-3-5-10/h1-8,14,19H,9H2,(H2,18,20). The second-order valence-electron chi connectivity index (χ2n) is 4.37. The molecule has 0 bridgehead atoms. The SMILES string of the molecule is NC(=O)C(NCc1ccccc1)c1ccc(F)cc1Cl. The van der Waals surface area contributed by atoms with Crippen molar-refractivity contribution in [2.24, 2.45) is 5.73 Å².